The second-order valence-electron chi connectivity index (χ2n) is 6.57. The van der Waals surface area contributed by atoms with Crippen molar-refractivity contribution in [1.82, 2.24) is 0 Å². The number of phenolic OH excluding ortho intramolecular Hbond substituents is 3. The van der Waals surface area contributed by atoms with Gasteiger partial charge in [-0.1, -0.05) is 13.8 Å². The van der Waals surface area contributed by atoms with E-state index >= 15 is 0 Å². The fraction of sp³-hybridized carbons (Fsp3) is 0.300. The molecule has 0 radical (unpaired) electrons. The molecule has 0 heterocycles. The molecule has 2 rings (SSSR count). The van der Waals surface area contributed by atoms with Crippen molar-refractivity contribution in [3.63, 3.8) is 0 Å². The van der Waals surface area contributed by atoms with E-state index in [0.29, 0.717) is 5.56 Å². The van der Waals surface area contributed by atoms with Crippen LogP contribution in [0, 0.1) is 12.8 Å². The Kier molecular flexibility index (Phi) is 5.95. The fourth-order valence-electron chi connectivity index (χ4n) is 2.58. The van der Waals surface area contributed by atoms with Gasteiger partial charge in [-0.15, -0.1) is 0 Å². The molecule has 0 aliphatic rings. The average Bonchev–Trinajstić information content (AvgIpc) is 2.57. The van der Waals surface area contributed by atoms with Gasteiger partial charge in [-0.25, -0.2) is 4.79 Å². The molecule has 0 bridgehead atoms. The summed E-state index contributed by atoms with van der Waals surface area (Å²) in [6, 6.07) is 4.88. The fourth-order valence-corrected chi connectivity index (χ4v) is 2.58. The predicted octanol–water partition coefficient (Wildman–Crippen LogP) is 3.16. The highest BCUT2D eigenvalue weighted by Gasteiger charge is 2.29. The number of aryl methyl sites for hydroxylation is 1. The molecule has 0 fully saturated rings. The Morgan fingerprint density at radius 3 is 2.11 bits per heavy atom. The molecule has 7 nitrogen and oxygen atoms in total. The molecular formula is C20H22O7. The van der Waals surface area contributed by atoms with Crippen LogP contribution in [0.2, 0.25) is 0 Å². The number of phenols is 3. The first-order valence-corrected chi connectivity index (χ1v) is 8.31. The van der Waals surface area contributed by atoms with Crippen molar-refractivity contribution in [1.29, 1.82) is 0 Å². The topological polar surface area (TPSA) is 113 Å². The van der Waals surface area contributed by atoms with Crippen LogP contribution < -0.4 is 4.74 Å². The number of carbonyl (C=O) groups is 2. The van der Waals surface area contributed by atoms with E-state index in [9.17, 15) is 24.9 Å². The van der Waals surface area contributed by atoms with Gasteiger partial charge in [-0.3, -0.25) is 4.79 Å². The summed E-state index contributed by atoms with van der Waals surface area (Å²) in [4.78, 5) is 25.5. The Morgan fingerprint density at radius 2 is 1.59 bits per heavy atom. The molecule has 2 aromatic rings. The summed E-state index contributed by atoms with van der Waals surface area (Å²) in [7, 11) is 1.27. The number of benzene rings is 2. The number of hydrogen-bond acceptors (Lipinski definition) is 7. The Balaban J connectivity index is 2.64. The maximum atomic E-state index is 13.1. The van der Waals surface area contributed by atoms with Crippen molar-refractivity contribution in [2.45, 2.75) is 20.8 Å². The zero-order chi connectivity index (χ0) is 20.3. The summed E-state index contributed by atoms with van der Waals surface area (Å²) in [6.45, 7) is 5.46. The van der Waals surface area contributed by atoms with Crippen LogP contribution in [0.1, 0.15) is 45.7 Å². The van der Waals surface area contributed by atoms with E-state index in [1.165, 1.54) is 19.2 Å². The van der Waals surface area contributed by atoms with Crippen molar-refractivity contribution < 1.29 is 34.4 Å². The van der Waals surface area contributed by atoms with Crippen LogP contribution in [0.4, 0.5) is 0 Å². The van der Waals surface area contributed by atoms with E-state index in [2.05, 4.69) is 0 Å². The number of ketones is 1. The summed E-state index contributed by atoms with van der Waals surface area (Å²) in [5.41, 5.74) is -0.270. The van der Waals surface area contributed by atoms with Crippen molar-refractivity contribution in [3.8, 4) is 23.0 Å². The number of aromatic hydroxyl groups is 3. The minimum absolute atomic E-state index is 0.0671. The summed E-state index contributed by atoms with van der Waals surface area (Å²) < 4.78 is 10.3. The molecular weight excluding hydrogens is 352 g/mol. The SMILES string of the molecule is COc1cc(O)cc(C(=O)OCC(C)C)c1C(=O)c1c(O)cc(C)cc1O. The molecule has 0 saturated heterocycles. The van der Waals surface area contributed by atoms with Gasteiger partial charge in [0.05, 0.1) is 24.8 Å². The van der Waals surface area contributed by atoms with Crippen molar-refractivity contribution in [2.75, 3.05) is 13.7 Å². The molecule has 0 atom stereocenters. The minimum atomic E-state index is -0.835. The highest BCUT2D eigenvalue weighted by Crippen LogP contribution is 2.36. The Labute approximate surface area is 156 Å². The molecule has 0 amide bonds. The van der Waals surface area contributed by atoms with Crippen LogP contribution in [0.15, 0.2) is 24.3 Å². The normalized spacial score (nSPS) is 10.7. The van der Waals surface area contributed by atoms with Crippen LogP contribution in [-0.2, 0) is 4.74 Å². The number of rotatable bonds is 6. The van der Waals surface area contributed by atoms with Gasteiger partial charge in [0.15, 0.2) is 0 Å². The molecule has 0 unspecified atom stereocenters. The lowest BCUT2D eigenvalue weighted by molar-refractivity contribution is 0.0455. The zero-order valence-electron chi connectivity index (χ0n) is 15.6. The van der Waals surface area contributed by atoms with Crippen molar-refractivity contribution in [3.05, 3.63) is 46.5 Å². The molecule has 7 heteroatoms. The molecule has 27 heavy (non-hydrogen) atoms. The minimum Gasteiger partial charge on any atom is -0.508 e. The highest BCUT2D eigenvalue weighted by molar-refractivity contribution is 6.18. The maximum Gasteiger partial charge on any atom is 0.339 e. The molecule has 0 aliphatic heterocycles. The first-order valence-electron chi connectivity index (χ1n) is 8.31. The van der Waals surface area contributed by atoms with Crippen LogP contribution in [0.25, 0.3) is 0 Å². The van der Waals surface area contributed by atoms with E-state index in [-0.39, 0.29) is 40.7 Å². The number of ether oxygens (including phenoxy) is 2. The monoisotopic (exact) mass is 374 g/mol. The lowest BCUT2D eigenvalue weighted by Gasteiger charge is -2.15. The number of methoxy groups -OCH3 is 1. The third-order valence-corrected chi connectivity index (χ3v) is 3.77. The first-order chi connectivity index (χ1) is 12.6. The smallest absolute Gasteiger partial charge is 0.339 e. The summed E-state index contributed by atoms with van der Waals surface area (Å²) in [5, 5.41) is 30.2. The van der Waals surface area contributed by atoms with Gasteiger partial charge in [0.1, 0.15) is 28.6 Å². The number of carbonyl (C=O) groups excluding carboxylic acids is 2. The van der Waals surface area contributed by atoms with Gasteiger partial charge < -0.3 is 24.8 Å². The van der Waals surface area contributed by atoms with Crippen molar-refractivity contribution in [2.24, 2.45) is 5.92 Å². The number of esters is 1. The van der Waals surface area contributed by atoms with Crippen LogP contribution in [-0.4, -0.2) is 40.8 Å². The van der Waals surface area contributed by atoms with Gasteiger partial charge >= 0.3 is 5.97 Å². The van der Waals surface area contributed by atoms with Crippen LogP contribution >= 0.6 is 0 Å². The third-order valence-electron chi connectivity index (χ3n) is 3.77. The molecule has 0 aliphatic carbocycles. The Hall–Kier alpha value is -3.22. The summed E-state index contributed by atoms with van der Waals surface area (Å²) >= 11 is 0. The standard InChI is InChI=1S/C20H22O7/c1-10(2)9-27-20(25)13-7-12(21)8-16(26-4)17(13)19(24)18-14(22)5-11(3)6-15(18)23/h5-8,10,21-23H,9H2,1-4H3. The lowest BCUT2D eigenvalue weighted by Crippen LogP contribution is -2.16. The van der Waals surface area contributed by atoms with Gasteiger partial charge in [0.25, 0.3) is 0 Å². The molecule has 0 saturated carbocycles. The van der Waals surface area contributed by atoms with Gasteiger partial charge in [0, 0.05) is 6.07 Å². The van der Waals surface area contributed by atoms with Crippen LogP contribution in [0.5, 0.6) is 23.0 Å². The quantitative estimate of drug-likeness (QED) is 0.526. The van der Waals surface area contributed by atoms with Gasteiger partial charge in [-0.2, -0.15) is 0 Å². The van der Waals surface area contributed by atoms with E-state index in [1.54, 1.807) is 6.92 Å². The second-order valence-corrected chi connectivity index (χ2v) is 6.57. The van der Waals surface area contributed by atoms with E-state index in [4.69, 9.17) is 9.47 Å². The molecule has 0 aromatic heterocycles. The molecule has 3 N–H and O–H groups in total. The Morgan fingerprint density at radius 1 is 1.00 bits per heavy atom. The second kappa shape index (κ2) is 7.99. The van der Waals surface area contributed by atoms with E-state index < -0.39 is 23.3 Å². The molecule has 144 valence electrons. The first kappa shape index (κ1) is 20.1. The molecule has 2 aromatic carbocycles. The van der Waals surface area contributed by atoms with Gasteiger partial charge in [0.2, 0.25) is 5.78 Å². The van der Waals surface area contributed by atoms with E-state index in [1.807, 2.05) is 13.8 Å². The third kappa shape index (κ3) is 4.31. The summed E-state index contributed by atoms with van der Waals surface area (Å²) in [6.07, 6.45) is 0. The maximum absolute atomic E-state index is 13.1. The Bertz CT molecular complexity index is 861. The van der Waals surface area contributed by atoms with Crippen molar-refractivity contribution >= 4 is 11.8 Å². The summed E-state index contributed by atoms with van der Waals surface area (Å²) in [5.74, 6) is -2.85. The van der Waals surface area contributed by atoms with Gasteiger partial charge in [-0.05, 0) is 36.6 Å². The van der Waals surface area contributed by atoms with Crippen LogP contribution in [0.3, 0.4) is 0 Å². The lowest BCUT2D eigenvalue weighted by atomic mass is 9.95. The highest BCUT2D eigenvalue weighted by atomic mass is 16.5. The predicted molar refractivity (Wildman–Crippen MR) is 97.7 cm³/mol. The van der Waals surface area contributed by atoms with E-state index in [0.717, 1.165) is 12.1 Å². The average molecular weight is 374 g/mol. The number of hydrogen-bond donors (Lipinski definition) is 3. The largest absolute Gasteiger partial charge is 0.508 e. The zero-order valence-corrected chi connectivity index (χ0v) is 15.6. The molecule has 0 spiro atoms.